The van der Waals surface area contributed by atoms with Crippen LogP contribution in [0.5, 0.6) is 5.75 Å². The molecule has 5 aliphatic rings. The van der Waals surface area contributed by atoms with Gasteiger partial charge in [-0.3, -0.25) is 4.79 Å². The van der Waals surface area contributed by atoms with Crippen LogP contribution in [-0.2, 0) is 4.79 Å². The van der Waals surface area contributed by atoms with Crippen molar-refractivity contribution in [2.45, 2.75) is 77.2 Å². The largest absolute Gasteiger partial charge is 0.493 e. The van der Waals surface area contributed by atoms with Gasteiger partial charge < -0.3 is 14.7 Å². The first kappa shape index (κ1) is 21.7. The molecule has 1 aromatic carbocycles. The second-order valence-electron chi connectivity index (χ2n) is 11.2. The van der Waals surface area contributed by atoms with E-state index in [9.17, 15) is 14.7 Å². The van der Waals surface area contributed by atoms with Gasteiger partial charge in [-0.05, 0) is 86.7 Å². The Morgan fingerprint density at radius 1 is 1.16 bits per heavy atom. The van der Waals surface area contributed by atoms with Crippen molar-refractivity contribution in [2.75, 3.05) is 13.2 Å². The number of likely N-dealkylation sites (tertiary alicyclic amines) is 1. The van der Waals surface area contributed by atoms with Crippen LogP contribution in [-0.4, -0.2) is 41.1 Å². The van der Waals surface area contributed by atoms with Gasteiger partial charge in [-0.15, -0.1) is 0 Å². The summed E-state index contributed by atoms with van der Waals surface area (Å²) in [5.41, 5.74) is 0.979. The Hall–Kier alpha value is -2.11. The van der Waals surface area contributed by atoms with Crippen molar-refractivity contribution in [3.63, 3.8) is 0 Å². The zero-order chi connectivity index (χ0) is 22.6. The first-order valence-corrected chi connectivity index (χ1v) is 12.2. The Kier molecular flexibility index (Phi) is 5.45. The summed E-state index contributed by atoms with van der Waals surface area (Å²) in [6, 6.07) is 2.07. The first-order chi connectivity index (χ1) is 15.2. The number of benzene rings is 1. The number of rotatable bonds is 6. The summed E-state index contributed by atoms with van der Waals surface area (Å²) in [7, 11) is 0. The highest BCUT2D eigenvalue weighted by Crippen LogP contribution is 2.60. The maximum atomic E-state index is 15.1. The quantitative estimate of drug-likeness (QED) is 0.653. The van der Waals surface area contributed by atoms with Gasteiger partial charge in [0.05, 0.1) is 12.2 Å². The minimum Gasteiger partial charge on any atom is -0.493 e. The summed E-state index contributed by atoms with van der Waals surface area (Å²) in [4.78, 5) is 25.8. The summed E-state index contributed by atoms with van der Waals surface area (Å²) in [6.45, 7) is 4.98. The standard InChI is InChI=1S/C26H34FNO4/c1-15(2)19-9-20(24(29)28-5-3-4-22(28)25(30)31)21(27)10-23(19)32-14-26-11-16-6-17(12-26)8-18(7-16)13-26/h9-10,15-18,22H,3-8,11-14H2,1-2H3,(H,30,31)/t16?,17?,18?,22-,26?/m0/s1. The number of carbonyl (C=O) groups excluding carboxylic acids is 1. The van der Waals surface area contributed by atoms with E-state index >= 15 is 4.39 Å². The van der Waals surface area contributed by atoms with E-state index in [0.29, 0.717) is 31.7 Å². The third kappa shape index (κ3) is 3.80. The van der Waals surface area contributed by atoms with Gasteiger partial charge >= 0.3 is 5.97 Å². The predicted octanol–water partition coefficient (Wildman–Crippen LogP) is 5.23. The topological polar surface area (TPSA) is 66.8 Å². The Bertz CT molecular complexity index is 891. The summed E-state index contributed by atoms with van der Waals surface area (Å²) < 4.78 is 21.5. The molecule has 174 valence electrons. The molecule has 1 saturated heterocycles. The van der Waals surface area contributed by atoms with E-state index in [1.807, 2.05) is 13.8 Å². The second kappa shape index (κ2) is 8.03. The van der Waals surface area contributed by atoms with Gasteiger partial charge in [0.2, 0.25) is 0 Å². The van der Waals surface area contributed by atoms with Crippen molar-refractivity contribution in [3.05, 3.63) is 29.1 Å². The number of halogens is 1. The van der Waals surface area contributed by atoms with Crippen LogP contribution in [0.15, 0.2) is 12.1 Å². The second-order valence-corrected chi connectivity index (χ2v) is 11.2. The maximum Gasteiger partial charge on any atom is 0.326 e. The number of carboxylic acids is 1. The van der Waals surface area contributed by atoms with Crippen molar-refractivity contribution in [1.29, 1.82) is 0 Å². The molecule has 32 heavy (non-hydrogen) atoms. The van der Waals surface area contributed by atoms with Gasteiger partial charge in [-0.2, -0.15) is 0 Å². The minimum absolute atomic E-state index is 0.0518. The molecule has 1 N–H and O–H groups in total. The molecule has 4 bridgehead atoms. The lowest BCUT2D eigenvalue weighted by molar-refractivity contribution is -0.141. The molecule has 0 unspecified atom stereocenters. The van der Waals surface area contributed by atoms with Gasteiger partial charge in [0.25, 0.3) is 5.91 Å². The fourth-order valence-corrected chi connectivity index (χ4v) is 7.43. The lowest BCUT2D eigenvalue weighted by Gasteiger charge is -2.56. The van der Waals surface area contributed by atoms with Crippen molar-refractivity contribution < 1.29 is 23.8 Å². The predicted molar refractivity (Wildman–Crippen MR) is 118 cm³/mol. The molecule has 4 aliphatic carbocycles. The van der Waals surface area contributed by atoms with Crippen LogP contribution >= 0.6 is 0 Å². The Morgan fingerprint density at radius 3 is 2.34 bits per heavy atom. The molecule has 1 aliphatic heterocycles. The average Bonchev–Trinajstić information content (AvgIpc) is 3.21. The van der Waals surface area contributed by atoms with Gasteiger partial charge in [0, 0.05) is 18.0 Å². The molecule has 1 aromatic rings. The van der Waals surface area contributed by atoms with E-state index < -0.39 is 23.7 Å². The first-order valence-electron chi connectivity index (χ1n) is 12.2. The van der Waals surface area contributed by atoms with E-state index in [1.165, 1.54) is 49.5 Å². The molecule has 1 heterocycles. The molecule has 6 heteroatoms. The summed E-state index contributed by atoms with van der Waals surface area (Å²) in [5.74, 6) is 0.869. The fourth-order valence-electron chi connectivity index (χ4n) is 7.43. The van der Waals surface area contributed by atoms with Crippen molar-refractivity contribution in [3.8, 4) is 5.75 Å². The fraction of sp³-hybridized carbons (Fsp3) is 0.692. The van der Waals surface area contributed by atoms with Crippen LogP contribution in [0.2, 0.25) is 0 Å². The van der Waals surface area contributed by atoms with Crippen molar-refractivity contribution in [2.24, 2.45) is 23.2 Å². The zero-order valence-corrected chi connectivity index (χ0v) is 19.1. The lowest BCUT2D eigenvalue weighted by Crippen LogP contribution is -2.48. The number of amides is 1. The Balaban J connectivity index is 1.37. The van der Waals surface area contributed by atoms with Crippen molar-refractivity contribution in [1.82, 2.24) is 4.90 Å². The van der Waals surface area contributed by atoms with E-state index in [0.717, 1.165) is 23.3 Å². The molecule has 5 fully saturated rings. The zero-order valence-electron chi connectivity index (χ0n) is 19.1. The van der Waals surface area contributed by atoms with Gasteiger partial charge in [0.1, 0.15) is 17.6 Å². The van der Waals surface area contributed by atoms with E-state index in [-0.39, 0.29) is 16.9 Å². The number of ether oxygens (including phenoxy) is 1. The van der Waals surface area contributed by atoms with Crippen LogP contribution in [0.3, 0.4) is 0 Å². The summed E-state index contributed by atoms with van der Waals surface area (Å²) in [5, 5.41) is 9.41. The van der Waals surface area contributed by atoms with E-state index in [4.69, 9.17) is 4.74 Å². The minimum atomic E-state index is -1.03. The number of carbonyl (C=O) groups is 2. The molecule has 6 rings (SSSR count). The average molecular weight is 444 g/mol. The summed E-state index contributed by atoms with van der Waals surface area (Å²) in [6.07, 6.45) is 8.81. The number of hydrogen-bond donors (Lipinski definition) is 1. The molecular weight excluding hydrogens is 409 g/mol. The van der Waals surface area contributed by atoms with Crippen LogP contribution in [0.1, 0.15) is 87.1 Å². The normalized spacial score (nSPS) is 33.2. The SMILES string of the molecule is CC(C)c1cc(C(=O)N2CCC[C@H]2C(=O)O)c(F)cc1OCC12CC3CC(CC(C3)C1)C2. The van der Waals surface area contributed by atoms with Gasteiger partial charge in [-0.1, -0.05) is 13.8 Å². The van der Waals surface area contributed by atoms with Crippen LogP contribution in [0.4, 0.5) is 4.39 Å². The number of aliphatic carboxylic acids is 1. The van der Waals surface area contributed by atoms with Crippen molar-refractivity contribution >= 4 is 11.9 Å². The molecule has 0 radical (unpaired) electrons. The van der Waals surface area contributed by atoms with Crippen LogP contribution in [0.25, 0.3) is 0 Å². The number of carboxylic acid groups (broad SMARTS) is 1. The molecule has 0 aromatic heterocycles. The molecule has 0 spiro atoms. The van der Waals surface area contributed by atoms with Gasteiger partial charge in [-0.25, -0.2) is 9.18 Å². The molecule has 5 nitrogen and oxygen atoms in total. The molecule has 4 saturated carbocycles. The monoisotopic (exact) mass is 443 g/mol. The van der Waals surface area contributed by atoms with Crippen LogP contribution < -0.4 is 4.74 Å². The van der Waals surface area contributed by atoms with E-state index in [1.54, 1.807) is 6.07 Å². The number of nitrogens with zero attached hydrogens (tertiary/aromatic N) is 1. The highest BCUT2D eigenvalue weighted by molar-refractivity contribution is 5.97. The smallest absolute Gasteiger partial charge is 0.326 e. The van der Waals surface area contributed by atoms with E-state index in [2.05, 4.69) is 0 Å². The Morgan fingerprint density at radius 2 is 1.78 bits per heavy atom. The molecule has 1 atom stereocenters. The molecule has 1 amide bonds. The third-order valence-corrected chi connectivity index (χ3v) is 8.45. The Labute approximate surface area is 189 Å². The number of hydrogen-bond acceptors (Lipinski definition) is 3. The molecular formula is C26H34FNO4. The van der Waals surface area contributed by atoms with Crippen LogP contribution in [0, 0.1) is 29.0 Å². The highest BCUT2D eigenvalue weighted by Gasteiger charge is 2.51. The third-order valence-electron chi connectivity index (χ3n) is 8.45. The van der Waals surface area contributed by atoms with Gasteiger partial charge in [0.15, 0.2) is 0 Å². The maximum absolute atomic E-state index is 15.1. The lowest BCUT2D eigenvalue weighted by atomic mass is 9.50. The summed E-state index contributed by atoms with van der Waals surface area (Å²) >= 11 is 0. The highest BCUT2D eigenvalue weighted by atomic mass is 19.1.